The van der Waals surface area contributed by atoms with Crippen molar-refractivity contribution < 1.29 is 15.0 Å². The van der Waals surface area contributed by atoms with Gasteiger partial charge in [0.2, 0.25) is 0 Å². The van der Waals surface area contributed by atoms with Gasteiger partial charge in [0.25, 0.3) is 5.91 Å². The molecule has 0 saturated carbocycles. The smallest absolute Gasteiger partial charge is 0.258 e. The highest BCUT2D eigenvalue weighted by molar-refractivity contribution is 5.99. The zero-order valence-electron chi connectivity index (χ0n) is 11.1. The first-order valence-electron chi connectivity index (χ1n) is 6.55. The zero-order chi connectivity index (χ0) is 13.8. The summed E-state index contributed by atoms with van der Waals surface area (Å²) in [5.41, 5.74) is -0.0494. The van der Waals surface area contributed by atoms with Crippen LogP contribution in [0.25, 0.3) is 0 Å². The monoisotopic (exact) mass is 264 g/mol. The maximum Gasteiger partial charge on any atom is 0.258 e. The van der Waals surface area contributed by atoms with E-state index in [1.54, 1.807) is 0 Å². The molecule has 1 unspecified atom stereocenters. The summed E-state index contributed by atoms with van der Waals surface area (Å²) < 4.78 is 0. The quantitative estimate of drug-likeness (QED) is 0.766. The molecule has 1 amide bonds. The van der Waals surface area contributed by atoms with Crippen LogP contribution >= 0.6 is 0 Å². The van der Waals surface area contributed by atoms with Gasteiger partial charge in [-0.2, -0.15) is 0 Å². The molecular weight excluding hydrogens is 244 g/mol. The van der Waals surface area contributed by atoms with Gasteiger partial charge in [-0.05, 0) is 44.5 Å². The van der Waals surface area contributed by atoms with Gasteiger partial charge >= 0.3 is 0 Å². The van der Waals surface area contributed by atoms with Crippen LogP contribution in [0.3, 0.4) is 0 Å². The Balaban J connectivity index is 1.94. The summed E-state index contributed by atoms with van der Waals surface area (Å²) >= 11 is 0. The molecule has 1 aromatic rings. The Bertz CT molecular complexity index is 442. The first kappa shape index (κ1) is 13.7. The van der Waals surface area contributed by atoms with E-state index in [9.17, 15) is 15.0 Å². The van der Waals surface area contributed by atoms with Gasteiger partial charge in [-0.3, -0.25) is 4.79 Å². The summed E-state index contributed by atoms with van der Waals surface area (Å²) in [6, 6.07) is 4.28. The minimum absolute atomic E-state index is 0.0494. The van der Waals surface area contributed by atoms with Crippen LogP contribution < -0.4 is 5.32 Å². The van der Waals surface area contributed by atoms with Crippen LogP contribution in [-0.2, 0) is 0 Å². The molecule has 1 heterocycles. The fourth-order valence-electron chi connectivity index (χ4n) is 2.53. The van der Waals surface area contributed by atoms with Gasteiger partial charge in [0.05, 0.1) is 0 Å². The molecule has 0 aromatic heterocycles. The lowest BCUT2D eigenvalue weighted by molar-refractivity contribution is 0.0931. The summed E-state index contributed by atoms with van der Waals surface area (Å²) in [6.45, 7) is 2.63. The number of rotatable bonds is 3. The lowest BCUT2D eigenvalue weighted by atomic mass is 9.98. The highest BCUT2D eigenvalue weighted by Crippen LogP contribution is 2.26. The molecule has 0 aliphatic carbocycles. The van der Waals surface area contributed by atoms with Crippen molar-refractivity contribution in [1.29, 1.82) is 0 Å². The van der Waals surface area contributed by atoms with Crippen molar-refractivity contribution >= 4 is 5.91 Å². The first-order valence-corrected chi connectivity index (χ1v) is 6.55. The highest BCUT2D eigenvalue weighted by Gasteiger charge is 2.20. The number of benzene rings is 1. The Hall–Kier alpha value is -1.75. The van der Waals surface area contributed by atoms with Gasteiger partial charge in [0.15, 0.2) is 0 Å². The van der Waals surface area contributed by atoms with Crippen LogP contribution in [0.2, 0.25) is 0 Å². The summed E-state index contributed by atoms with van der Waals surface area (Å²) in [6.07, 6.45) is 2.23. The van der Waals surface area contributed by atoms with E-state index in [0.29, 0.717) is 12.5 Å². The Morgan fingerprint density at radius 2 is 2.11 bits per heavy atom. The molecule has 0 bridgehead atoms. The molecule has 5 nitrogen and oxygen atoms in total. The molecule has 1 aliphatic rings. The van der Waals surface area contributed by atoms with Crippen LogP contribution in [0.4, 0.5) is 0 Å². The number of amides is 1. The number of nitrogens with one attached hydrogen (secondary N) is 1. The molecule has 5 heteroatoms. The number of likely N-dealkylation sites (tertiary alicyclic amines) is 1. The number of aromatic hydroxyl groups is 2. The number of carbonyl (C=O) groups excluding carboxylic acids is 1. The third-order valence-corrected chi connectivity index (χ3v) is 3.52. The molecule has 2 rings (SSSR count). The number of carbonyl (C=O) groups is 1. The molecule has 0 radical (unpaired) electrons. The van der Waals surface area contributed by atoms with Crippen molar-refractivity contribution in [2.75, 3.05) is 26.7 Å². The van der Waals surface area contributed by atoms with Gasteiger partial charge in [0.1, 0.15) is 17.1 Å². The largest absolute Gasteiger partial charge is 0.507 e. The van der Waals surface area contributed by atoms with E-state index in [4.69, 9.17) is 0 Å². The third-order valence-electron chi connectivity index (χ3n) is 3.52. The highest BCUT2D eigenvalue weighted by atomic mass is 16.3. The van der Waals surface area contributed by atoms with Crippen molar-refractivity contribution in [2.24, 2.45) is 5.92 Å². The molecular formula is C14H20N2O3. The number of hydrogen-bond acceptors (Lipinski definition) is 4. The standard InChI is InChI=1S/C14H20N2O3/c1-16-7-3-4-10(9-16)8-15-14(19)13-11(17)5-2-6-12(13)18/h2,5-6,10,17-18H,3-4,7-9H2,1H3,(H,15,19). The number of piperidine rings is 1. The van der Waals surface area contributed by atoms with Crippen molar-refractivity contribution in [3.05, 3.63) is 23.8 Å². The fourth-order valence-corrected chi connectivity index (χ4v) is 2.53. The molecule has 0 spiro atoms. The van der Waals surface area contributed by atoms with E-state index in [1.165, 1.54) is 18.2 Å². The minimum Gasteiger partial charge on any atom is -0.507 e. The van der Waals surface area contributed by atoms with Crippen molar-refractivity contribution in [3.63, 3.8) is 0 Å². The van der Waals surface area contributed by atoms with Crippen LogP contribution in [0, 0.1) is 5.92 Å². The van der Waals surface area contributed by atoms with Crippen LogP contribution in [0.5, 0.6) is 11.5 Å². The van der Waals surface area contributed by atoms with E-state index in [2.05, 4.69) is 17.3 Å². The summed E-state index contributed by atoms with van der Waals surface area (Å²) in [7, 11) is 2.07. The van der Waals surface area contributed by atoms with Crippen LogP contribution in [0.1, 0.15) is 23.2 Å². The molecule has 1 atom stereocenters. The van der Waals surface area contributed by atoms with Gasteiger partial charge < -0.3 is 20.4 Å². The number of phenols is 2. The third kappa shape index (κ3) is 3.38. The molecule has 3 N–H and O–H groups in total. The van der Waals surface area contributed by atoms with E-state index >= 15 is 0 Å². The lowest BCUT2D eigenvalue weighted by Crippen LogP contribution is -2.39. The Morgan fingerprint density at radius 3 is 2.74 bits per heavy atom. The summed E-state index contributed by atoms with van der Waals surface area (Å²) in [5, 5.41) is 22.0. The summed E-state index contributed by atoms with van der Waals surface area (Å²) in [5.74, 6) is -0.393. The maximum atomic E-state index is 12.0. The molecule has 1 aromatic carbocycles. The Labute approximate surface area is 112 Å². The zero-order valence-corrected chi connectivity index (χ0v) is 11.1. The van der Waals surface area contributed by atoms with Crippen LogP contribution in [0.15, 0.2) is 18.2 Å². The minimum atomic E-state index is -0.427. The van der Waals surface area contributed by atoms with Crippen molar-refractivity contribution in [2.45, 2.75) is 12.8 Å². The van der Waals surface area contributed by atoms with Gasteiger partial charge in [-0.15, -0.1) is 0 Å². The van der Waals surface area contributed by atoms with Crippen molar-refractivity contribution in [3.8, 4) is 11.5 Å². The summed E-state index contributed by atoms with van der Waals surface area (Å²) in [4.78, 5) is 14.2. The Kier molecular flexibility index (Phi) is 4.27. The normalized spacial score (nSPS) is 20.2. The van der Waals surface area contributed by atoms with Gasteiger partial charge in [-0.25, -0.2) is 0 Å². The molecule has 1 fully saturated rings. The second kappa shape index (κ2) is 5.93. The number of hydrogen-bond donors (Lipinski definition) is 3. The second-order valence-corrected chi connectivity index (χ2v) is 5.15. The Morgan fingerprint density at radius 1 is 1.42 bits per heavy atom. The SMILES string of the molecule is CN1CCCC(CNC(=O)c2c(O)cccc2O)C1. The predicted octanol–water partition coefficient (Wildman–Crippen LogP) is 1.17. The van der Waals surface area contributed by atoms with E-state index in [-0.39, 0.29) is 17.1 Å². The topological polar surface area (TPSA) is 72.8 Å². The average molecular weight is 264 g/mol. The molecule has 104 valence electrons. The van der Waals surface area contributed by atoms with Gasteiger partial charge in [0, 0.05) is 13.1 Å². The molecule has 19 heavy (non-hydrogen) atoms. The second-order valence-electron chi connectivity index (χ2n) is 5.15. The van der Waals surface area contributed by atoms with Crippen LogP contribution in [-0.4, -0.2) is 47.7 Å². The molecule has 1 saturated heterocycles. The average Bonchev–Trinajstić information content (AvgIpc) is 2.36. The van der Waals surface area contributed by atoms with E-state index in [1.807, 2.05) is 0 Å². The van der Waals surface area contributed by atoms with E-state index < -0.39 is 5.91 Å². The van der Waals surface area contributed by atoms with Gasteiger partial charge in [-0.1, -0.05) is 6.07 Å². The molecule has 1 aliphatic heterocycles. The van der Waals surface area contributed by atoms with Crippen molar-refractivity contribution in [1.82, 2.24) is 10.2 Å². The fraction of sp³-hybridized carbons (Fsp3) is 0.500. The van der Waals surface area contributed by atoms with E-state index in [0.717, 1.165) is 25.9 Å². The maximum absolute atomic E-state index is 12.0. The number of nitrogens with zero attached hydrogens (tertiary/aromatic N) is 1. The lowest BCUT2D eigenvalue weighted by Gasteiger charge is -2.29. The number of phenolic OH excluding ortho intramolecular Hbond substituents is 2. The first-order chi connectivity index (χ1) is 9.08. The predicted molar refractivity (Wildman–Crippen MR) is 72.3 cm³/mol.